The third kappa shape index (κ3) is 3.44. The molecule has 3 rings (SSSR count). The van der Waals surface area contributed by atoms with Gasteiger partial charge in [0.05, 0.1) is 24.1 Å². The number of nitrogens with zero attached hydrogens (tertiary/aromatic N) is 1. The Labute approximate surface area is 132 Å². The third-order valence-corrected chi connectivity index (χ3v) is 3.70. The molecule has 0 aliphatic carbocycles. The summed E-state index contributed by atoms with van der Waals surface area (Å²) >= 11 is 0. The minimum atomic E-state index is -0.601. The molecule has 1 saturated heterocycles. The monoisotopic (exact) mass is 313 g/mol. The molecule has 2 aromatic carbocycles. The molecule has 118 valence electrons. The first-order valence-corrected chi connectivity index (χ1v) is 7.22. The van der Waals surface area contributed by atoms with Gasteiger partial charge in [-0.15, -0.1) is 0 Å². The molecule has 2 aromatic rings. The van der Waals surface area contributed by atoms with Crippen molar-refractivity contribution in [2.75, 3.05) is 13.2 Å². The van der Waals surface area contributed by atoms with Gasteiger partial charge < -0.3 is 9.47 Å². The van der Waals surface area contributed by atoms with Crippen LogP contribution in [0.4, 0.5) is 5.69 Å². The number of nitro groups is 1. The third-order valence-electron chi connectivity index (χ3n) is 3.70. The number of nitro benzene ring substituents is 1. The van der Waals surface area contributed by atoms with Gasteiger partial charge in [0.2, 0.25) is 0 Å². The summed E-state index contributed by atoms with van der Waals surface area (Å²) in [7, 11) is 0. The Morgan fingerprint density at radius 3 is 2.17 bits per heavy atom. The summed E-state index contributed by atoms with van der Waals surface area (Å²) in [5.41, 5.74) is 1.35. The molecule has 0 aromatic heterocycles. The Morgan fingerprint density at radius 1 is 1.00 bits per heavy atom. The summed E-state index contributed by atoms with van der Waals surface area (Å²) in [4.78, 5) is 22.5. The van der Waals surface area contributed by atoms with E-state index in [-0.39, 0.29) is 30.6 Å². The second kappa shape index (κ2) is 6.68. The minimum Gasteiger partial charge on any atom is -0.348 e. The van der Waals surface area contributed by atoms with Crippen LogP contribution in [0.15, 0.2) is 54.6 Å². The zero-order valence-corrected chi connectivity index (χ0v) is 12.3. The first-order valence-electron chi connectivity index (χ1n) is 7.22. The largest absolute Gasteiger partial charge is 0.348 e. The molecule has 0 N–H and O–H groups in total. The van der Waals surface area contributed by atoms with E-state index in [2.05, 4.69) is 0 Å². The van der Waals surface area contributed by atoms with Gasteiger partial charge in [0.25, 0.3) is 5.69 Å². The summed E-state index contributed by atoms with van der Waals surface area (Å²) in [5.74, 6) is -0.348. The number of rotatable bonds is 4. The average Bonchev–Trinajstić information content (AvgIpc) is 2.62. The second-order valence-corrected chi connectivity index (χ2v) is 5.27. The molecule has 0 saturated carbocycles. The van der Waals surface area contributed by atoms with Crippen LogP contribution in [-0.2, 0) is 9.47 Å². The first kappa shape index (κ1) is 15.3. The lowest BCUT2D eigenvalue weighted by Gasteiger charge is -2.28. The van der Waals surface area contributed by atoms with Crippen molar-refractivity contribution in [3.8, 4) is 0 Å². The standard InChI is InChI=1S/C17H15NO5/c19-16(12-4-2-1-3-5-12)14-10-22-17(23-11-14)13-6-8-15(9-7-13)18(20)21/h1-9,14,17H,10-11H2. The number of benzene rings is 2. The summed E-state index contributed by atoms with van der Waals surface area (Å²) in [6.45, 7) is 0.519. The molecule has 0 radical (unpaired) electrons. The zero-order valence-electron chi connectivity index (χ0n) is 12.3. The van der Waals surface area contributed by atoms with E-state index >= 15 is 0 Å². The van der Waals surface area contributed by atoms with Crippen LogP contribution in [0, 0.1) is 16.0 Å². The van der Waals surface area contributed by atoms with Gasteiger partial charge in [-0.25, -0.2) is 0 Å². The minimum absolute atomic E-state index is 0.00671. The van der Waals surface area contributed by atoms with E-state index in [1.165, 1.54) is 12.1 Å². The molecule has 1 heterocycles. The zero-order chi connectivity index (χ0) is 16.2. The number of hydrogen-bond donors (Lipinski definition) is 0. The average molecular weight is 313 g/mol. The van der Waals surface area contributed by atoms with Crippen molar-refractivity contribution < 1.29 is 19.2 Å². The summed E-state index contributed by atoms with van der Waals surface area (Å²) in [5, 5.41) is 10.6. The van der Waals surface area contributed by atoms with Crippen molar-refractivity contribution in [2.24, 2.45) is 5.92 Å². The highest BCUT2D eigenvalue weighted by molar-refractivity contribution is 5.98. The van der Waals surface area contributed by atoms with Crippen LogP contribution in [0.5, 0.6) is 0 Å². The Hall–Kier alpha value is -2.57. The Bertz CT molecular complexity index is 691. The van der Waals surface area contributed by atoms with Gasteiger partial charge in [-0.1, -0.05) is 30.3 Å². The fraction of sp³-hybridized carbons (Fsp3) is 0.235. The summed E-state index contributed by atoms with van der Waals surface area (Å²) in [6, 6.07) is 15.0. The van der Waals surface area contributed by atoms with Gasteiger partial charge in [-0.2, -0.15) is 0 Å². The normalized spacial score (nSPS) is 20.9. The van der Waals surface area contributed by atoms with Crippen molar-refractivity contribution >= 4 is 11.5 Å². The number of ether oxygens (including phenoxy) is 2. The highest BCUT2D eigenvalue weighted by Crippen LogP contribution is 2.27. The molecule has 6 heteroatoms. The molecule has 0 atom stereocenters. The molecular formula is C17H15NO5. The van der Waals surface area contributed by atoms with Gasteiger partial charge >= 0.3 is 0 Å². The molecule has 0 unspecified atom stereocenters. The lowest BCUT2D eigenvalue weighted by atomic mass is 9.98. The number of carbonyl (C=O) groups excluding carboxylic acids is 1. The van der Waals surface area contributed by atoms with Crippen LogP contribution < -0.4 is 0 Å². The lowest BCUT2D eigenvalue weighted by Crippen LogP contribution is -2.32. The predicted octanol–water partition coefficient (Wildman–Crippen LogP) is 3.14. The van der Waals surface area contributed by atoms with Crippen molar-refractivity contribution in [2.45, 2.75) is 6.29 Å². The van der Waals surface area contributed by atoms with E-state index in [1.54, 1.807) is 24.3 Å². The molecule has 6 nitrogen and oxygen atoms in total. The molecule has 1 aliphatic heterocycles. The lowest BCUT2D eigenvalue weighted by molar-refractivity contribution is -0.384. The van der Waals surface area contributed by atoms with Crippen molar-refractivity contribution in [3.63, 3.8) is 0 Å². The molecule has 0 spiro atoms. The highest BCUT2D eigenvalue weighted by atomic mass is 16.7. The number of carbonyl (C=O) groups is 1. The van der Waals surface area contributed by atoms with Crippen molar-refractivity contribution in [1.82, 2.24) is 0 Å². The van der Waals surface area contributed by atoms with Crippen LogP contribution >= 0.6 is 0 Å². The van der Waals surface area contributed by atoms with Crippen LogP contribution in [0.3, 0.4) is 0 Å². The molecule has 0 bridgehead atoms. The maximum Gasteiger partial charge on any atom is 0.269 e. The fourth-order valence-electron chi connectivity index (χ4n) is 2.44. The van der Waals surface area contributed by atoms with Gasteiger partial charge in [0.15, 0.2) is 12.1 Å². The smallest absolute Gasteiger partial charge is 0.269 e. The van der Waals surface area contributed by atoms with Crippen molar-refractivity contribution in [3.05, 3.63) is 75.8 Å². The van der Waals surface area contributed by atoms with Crippen LogP contribution in [0.25, 0.3) is 0 Å². The molecule has 1 fully saturated rings. The number of non-ortho nitro benzene ring substituents is 1. The maximum absolute atomic E-state index is 12.3. The van der Waals surface area contributed by atoms with Crippen LogP contribution in [0.2, 0.25) is 0 Å². The van der Waals surface area contributed by atoms with E-state index in [9.17, 15) is 14.9 Å². The molecule has 23 heavy (non-hydrogen) atoms. The van der Waals surface area contributed by atoms with Gasteiger partial charge in [-0.3, -0.25) is 14.9 Å². The van der Waals surface area contributed by atoms with E-state index in [0.717, 1.165) is 0 Å². The van der Waals surface area contributed by atoms with Crippen LogP contribution in [0.1, 0.15) is 22.2 Å². The number of hydrogen-bond acceptors (Lipinski definition) is 5. The summed E-state index contributed by atoms with van der Waals surface area (Å²) < 4.78 is 11.2. The predicted molar refractivity (Wildman–Crippen MR) is 82.0 cm³/mol. The molecule has 1 aliphatic rings. The summed E-state index contributed by atoms with van der Waals surface area (Å²) in [6.07, 6.45) is -0.601. The SMILES string of the molecule is O=C(c1ccccc1)C1COC(c2ccc([N+](=O)[O-])cc2)OC1. The quantitative estimate of drug-likeness (QED) is 0.492. The molecular weight excluding hydrogens is 298 g/mol. The fourth-order valence-corrected chi connectivity index (χ4v) is 2.44. The maximum atomic E-state index is 12.3. The van der Waals surface area contributed by atoms with Gasteiger partial charge in [0.1, 0.15) is 0 Å². The van der Waals surface area contributed by atoms with Gasteiger partial charge in [0, 0.05) is 23.3 Å². The van der Waals surface area contributed by atoms with E-state index in [0.29, 0.717) is 11.1 Å². The Kier molecular flexibility index (Phi) is 4.45. The number of ketones is 1. The van der Waals surface area contributed by atoms with Gasteiger partial charge in [-0.05, 0) is 12.1 Å². The Morgan fingerprint density at radius 2 is 1.61 bits per heavy atom. The molecule has 0 amide bonds. The Balaban J connectivity index is 1.62. The van der Waals surface area contributed by atoms with E-state index < -0.39 is 11.2 Å². The second-order valence-electron chi connectivity index (χ2n) is 5.27. The van der Waals surface area contributed by atoms with Crippen LogP contribution in [-0.4, -0.2) is 23.9 Å². The number of Topliss-reactive ketones (excluding diaryl/α,β-unsaturated/α-hetero) is 1. The highest BCUT2D eigenvalue weighted by Gasteiger charge is 2.29. The van der Waals surface area contributed by atoms with E-state index in [1.807, 2.05) is 18.2 Å². The van der Waals surface area contributed by atoms with Crippen molar-refractivity contribution in [1.29, 1.82) is 0 Å². The first-order chi connectivity index (χ1) is 11.1. The topological polar surface area (TPSA) is 78.7 Å². The van der Waals surface area contributed by atoms with E-state index in [4.69, 9.17) is 9.47 Å².